The number of hydrogen-bond acceptors (Lipinski definition) is 2. The van der Waals surface area contributed by atoms with Gasteiger partial charge in [-0.2, -0.15) is 0 Å². The predicted octanol–water partition coefficient (Wildman–Crippen LogP) is 4.85. The van der Waals surface area contributed by atoms with Crippen molar-refractivity contribution < 1.29 is 4.79 Å². The van der Waals surface area contributed by atoms with E-state index in [1.165, 1.54) is 11.3 Å². The van der Waals surface area contributed by atoms with Crippen LogP contribution in [0.4, 0.5) is 0 Å². The Balaban J connectivity index is 2.10. The molecule has 1 amide bonds. The molecule has 0 aliphatic rings. The van der Waals surface area contributed by atoms with E-state index in [1.807, 2.05) is 32.0 Å². The van der Waals surface area contributed by atoms with Crippen molar-refractivity contribution in [2.24, 2.45) is 0 Å². The van der Waals surface area contributed by atoms with Gasteiger partial charge in [-0.1, -0.05) is 29.3 Å². The monoisotopic (exact) mass is 313 g/mol. The number of benzene rings is 1. The van der Waals surface area contributed by atoms with Gasteiger partial charge in [0.2, 0.25) is 0 Å². The molecular formula is C14H13Cl2NOS. The second-order valence-corrected chi connectivity index (χ2v) is 6.38. The van der Waals surface area contributed by atoms with Gasteiger partial charge >= 0.3 is 0 Å². The quantitative estimate of drug-likeness (QED) is 0.861. The van der Waals surface area contributed by atoms with Crippen LogP contribution in [0.1, 0.15) is 33.1 Å². The molecule has 100 valence electrons. The number of amides is 1. The Labute approximate surface area is 126 Å². The lowest BCUT2D eigenvalue weighted by molar-refractivity contribution is 0.0944. The van der Waals surface area contributed by atoms with Gasteiger partial charge in [0.25, 0.3) is 5.91 Å². The van der Waals surface area contributed by atoms with Crippen LogP contribution in [0.3, 0.4) is 0 Å². The lowest BCUT2D eigenvalue weighted by atomic mass is 10.1. The van der Waals surface area contributed by atoms with Crippen LogP contribution in [0, 0.1) is 6.92 Å². The van der Waals surface area contributed by atoms with Crippen LogP contribution in [0.15, 0.2) is 30.3 Å². The minimum Gasteiger partial charge on any atom is -0.345 e. The molecular weight excluding hydrogens is 301 g/mol. The first-order valence-electron chi connectivity index (χ1n) is 5.79. The van der Waals surface area contributed by atoms with Gasteiger partial charge in [-0.05, 0) is 43.7 Å². The maximum Gasteiger partial charge on any atom is 0.261 e. The van der Waals surface area contributed by atoms with Crippen molar-refractivity contribution in [3.05, 3.63) is 55.7 Å². The molecule has 1 aromatic heterocycles. The second kappa shape index (κ2) is 5.95. The molecule has 0 saturated heterocycles. The van der Waals surface area contributed by atoms with Crippen LogP contribution in [-0.4, -0.2) is 5.91 Å². The third kappa shape index (κ3) is 3.50. The number of carbonyl (C=O) groups is 1. The van der Waals surface area contributed by atoms with E-state index in [0.29, 0.717) is 14.9 Å². The van der Waals surface area contributed by atoms with Crippen LogP contribution >= 0.6 is 34.5 Å². The molecule has 2 rings (SSSR count). The Kier molecular flexibility index (Phi) is 4.50. The molecule has 19 heavy (non-hydrogen) atoms. The average molecular weight is 314 g/mol. The summed E-state index contributed by atoms with van der Waals surface area (Å²) in [6, 6.07) is 9.01. The van der Waals surface area contributed by atoms with Crippen LogP contribution in [-0.2, 0) is 0 Å². The molecule has 0 saturated carbocycles. The van der Waals surface area contributed by atoms with Gasteiger partial charge < -0.3 is 5.32 Å². The lowest BCUT2D eigenvalue weighted by Gasteiger charge is -2.14. The van der Waals surface area contributed by atoms with Crippen molar-refractivity contribution >= 4 is 40.4 Å². The molecule has 0 aliphatic heterocycles. The molecule has 2 nitrogen and oxygen atoms in total. The lowest BCUT2D eigenvalue weighted by Crippen LogP contribution is -2.25. The first-order chi connectivity index (χ1) is 8.97. The molecule has 1 heterocycles. The standard InChI is InChI=1S/C14H13Cl2NOS/c1-8-3-6-13(19-8)14(18)17-9(2)10-4-5-11(15)12(16)7-10/h3-7,9H,1-2H3,(H,17,18). The Hall–Kier alpha value is -1.03. The van der Waals surface area contributed by atoms with Gasteiger partial charge in [0.1, 0.15) is 0 Å². The van der Waals surface area contributed by atoms with Gasteiger partial charge in [0, 0.05) is 4.88 Å². The summed E-state index contributed by atoms with van der Waals surface area (Å²) in [6.45, 7) is 3.89. The Morgan fingerprint density at radius 3 is 2.53 bits per heavy atom. The Morgan fingerprint density at radius 1 is 1.21 bits per heavy atom. The summed E-state index contributed by atoms with van der Waals surface area (Å²) in [7, 11) is 0. The van der Waals surface area contributed by atoms with Crippen molar-refractivity contribution in [2.75, 3.05) is 0 Å². The summed E-state index contributed by atoms with van der Waals surface area (Å²) in [5, 5.41) is 3.95. The molecule has 1 atom stereocenters. The SMILES string of the molecule is Cc1ccc(C(=O)NC(C)c2ccc(Cl)c(Cl)c2)s1. The molecule has 2 aromatic rings. The minimum atomic E-state index is -0.121. The molecule has 1 N–H and O–H groups in total. The van der Waals surface area contributed by atoms with E-state index < -0.39 is 0 Å². The number of hydrogen-bond donors (Lipinski definition) is 1. The molecule has 0 spiro atoms. The van der Waals surface area contributed by atoms with Crippen molar-refractivity contribution in [3.8, 4) is 0 Å². The zero-order valence-corrected chi connectivity index (χ0v) is 12.9. The minimum absolute atomic E-state index is 0.0725. The van der Waals surface area contributed by atoms with Crippen LogP contribution in [0.2, 0.25) is 10.0 Å². The average Bonchev–Trinajstić information content (AvgIpc) is 2.79. The zero-order chi connectivity index (χ0) is 14.0. The summed E-state index contributed by atoms with van der Waals surface area (Å²) in [5.41, 5.74) is 0.927. The molecule has 5 heteroatoms. The summed E-state index contributed by atoms with van der Waals surface area (Å²) in [6.07, 6.45) is 0. The Morgan fingerprint density at radius 2 is 1.95 bits per heavy atom. The van der Waals surface area contributed by atoms with E-state index in [-0.39, 0.29) is 11.9 Å². The van der Waals surface area contributed by atoms with E-state index in [1.54, 1.807) is 12.1 Å². The first kappa shape index (κ1) is 14.4. The first-order valence-corrected chi connectivity index (χ1v) is 7.37. The van der Waals surface area contributed by atoms with Crippen LogP contribution in [0.5, 0.6) is 0 Å². The van der Waals surface area contributed by atoms with Gasteiger partial charge in [-0.25, -0.2) is 0 Å². The molecule has 0 aliphatic carbocycles. The summed E-state index contributed by atoms with van der Waals surface area (Å²) in [5.74, 6) is -0.0725. The highest BCUT2D eigenvalue weighted by Crippen LogP contribution is 2.26. The number of nitrogens with one attached hydrogen (secondary N) is 1. The van der Waals surface area contributed by atoms with Gasteiger partial charge in [-0.3, -0.25) is 4.79 Å². The highest BCUT2D eigenvalue weighted by Gasteiger charge is 2.13. The fourth-order valence-electron chi connectivity index (χ4n) is 1.69. The molecule has 0 bridgehead atoms. The van der Waals surface area contributed by atoms with Crippen molar-refractivity contribution in [2.45, 2.75) is 19.9 Å². The summed E-state index contributed by atoms with van der Waals surface area (Å²) >= 11 is 13.3. The largest absolute Gasteiger partial charge is 0.345 e. The van der Waals surface area contributed by atoms with E-state index in [0.717, 1.165) is 10.4 Å². The normalized spacial score (nSPS) is 12.2. The van der Waals surface area contributed by atoms with E-state index in [2.05, 4.69) is 5.32 Å². The van der Waals surface area contributed by atoms with Crippen molar-refractivity contribution in [1.29, 1.82) is 0 Å². The summed E-state index contributed by atoms with van der Waals surface area (Å²) < 4.78 is 0. The van der Waals surface area contributed by atoms with Gasteiger partial charge in [0.15, 0.2) is 0 Å². The smallest absolute Gasteiger partial charge is 0.261 e. The fraction of sp³-hybridized carbons (Fsp3) is 0.214. The number of aryl methyl sites for hydroxylation is 1. The van der Waals surface area contributed by atoms with E-state index in [9.17, 15) is 4.79 Å². The second-order valence-electron chi connectivity index (χ2n) is 4.28. The van der Waals surface area contributed by atoms with Crippen molar-refractivity contribution in [3.63, 3.8) is 0 Å². The summed E-state index contributed by atoms with van der Waals surface area (Å²) in [4.78, 5) is 13.9. The van der Waals surface area contributed by atoms with Gasteiger partial charge in [0.05, 0.1) is 21.0 Å². The maximum atomic E-state index is 12.0. The zero-order valence-electron chi connectivity index (χ0n) is 10.5. The van der Waals surface area contributed by atoms with Crippen molar-refractivity contribution in [1.82, 2.24) is 5.32 Å². The van der Waals surface area contributed by atoms with Crippen LogP contribution in [0.25, 0.3) is 0 Å². The topological polar surface area (TPSA) is 29.1 Å². The highest BCUT2D eigenvalue weighted by molar-refractivity contribution is 7.13. The number of carbonyl (C=O) groups excluding carboxylic acids is 1. The molecule has 0 fully saturated rings. The van der Waals surface area contributed by atoms with Gasteiger partial charge in [-0.15, -0.1) is 11.3 Å². The third-order valence-electron chi connectivity index (χ3n) is 2.76. The fourth-order valence-corrected chi connectivity index (χ4v) is 2.77. The number of thiophene rings is 1. The number of halogens is 2. The van der Waals surface area contributed by atoms with E-state index in [4.69, 9.17) is 23.2 Å². The third-order valence-corrected chi connectivity index (χ3v) is 4.49. The highest BCUT2D eigenvalue weighted by atomic mass is 35.5. The maximum absolute atomic E-state index is 12.0. The number of rotatable bonds is 3. The molecule has 1 aromatic carbocycles. The molecule has 1 unspecified atom stereocenters. The van der Waals surface area contributed by atoms with E-state index >= 15 is 0 Å². The molecule has 0 radical (unpaired) electrons. The predicted molar refractivity (Wildman–Crippen MR) is 81.4 cm³/mol. The Bertz CT molecular complexity index is 609. The van der Waals surface area contributed by atoms with Crippen LogP contribution < -0.4 is 5.32 Å².